The summed E-state index contributed by atoms with van der Waals surface area (Å²) < 4.78 is 1.51. The van der Waals surface area contributed by atoms with Crippen LogP contribution >= 0.6 is 11.8 Å². The fourth-order valence-corrected chi connectivity index (χ4v) is 2.84. The maximum atomic E-state index is 11.5. The summed E-state index contributed by atoms with van der Waals surface area (Å²) in [5.74, 6) is 0. The van der Waals surface area contributed by atoms with Crippen molar-refractivity contribution in [2.24, 2.45) is 0 Å². The minimum atomic E-state index is -0.257. The Balaban J connectivity index is 2.49. The summed E-state index contributed by atoms with van der Waals surface area (Å²) in [5, 5.41) is 16.6. The first-order valence-corrected chi connectivity index (χ1v) is 6.59. The Hall–Kier alpha value is -2.07. The molecule has 1 N–H and O–H groups in total. The lowest BCUT2D eigenvalue weighted by molar-refractivity contribution is 0.660. The molecule has 2 heterocycles. The number of aryl methyl sites for hydroxylation is 2. The van der Waals surface area contributed by atoms with Crippen LogP contribution in [0.2, 0.25) is 0 Å². The second-order valence-electron chi connectivity index (χ2n) is 4.03. The number of nitriles is 1. The molecule has 0 saturated carbocycles. The topological polar surface area (TPSA) is 87.4 Å². The summed E-state index contributed by atoms with van der Waals surface area (Å²) in [4.78, 5) is 15.9. The quantitative estimate of drug-likeness (QED) is 0.919. The molecule has 7 heteroatoms. The predicted molar refractivity (Wildman–Crippen MR) is 71.1 cm³/mol. The molecule has 2 aromatic heterocycles. The number of hydrogen-bond acceptors (Lipinski definition) is 5. The van der Waals surface area contributed by atoms with E-state index in [0.29, 0.717) is 22.3 Å². The summed E-state index contributed by atoms with van der Waals surface area (Å²) in [6, 6.07) is 4.01. The van der Waals surface area contributed by atoms with Gasteiger partial charge in [0.15, 0.2) is 5.16 Å². The first-order chi connectivity index (χ1) is 9.06. The molecule has 0 spiro atoms. The Kier molecular flexibility index (Phi) is 3.71. The van der Waals surface area contributed by atoms with E-state index in [2.05, 4.69) is 21.3 Å². The van der Waals surface area contributed by atoms with Crippen molar-refractivity contribution in [3.63, 3.8) is 0 Å². The number of aromatic amines is 1. The minimum absolute atomic E-state index is 0.257. The number of rotatable bonds is 3. The summed E-state index contributed by atoms with van der Waals surface area (Å²) in [7, 11) is 0. The SMILES string of the molecule is CCn1c(Sc2nc(C)cc(C)c2C#N)n[nH]c1=O. The van der Waals surface area contributed by atoms with Crippen LogP contribution in [-0.2, 0) is 6.54 Å². The van der Waals surface area contributed by atoms with Gasteiger partial charge in [-0.05, 0) is 44.2 Å². The zero-order valence-electron chi connectivity index (χ0n) is 10.9. The Labute approximate surface area is 114 Å². The molecule has 0 atom stereocenters. The zero-order chi connectivity index (χ0) is 14.0. The van der Waals surface area contributed by atoms with Gasteiger partial charge in [-0.2, -0.15) is 5.26 Å². The van der Waals surface area contributed by atoms with Crippen LogP contribution in [0.3, 0.4) is 0 Å². The van der Waals surface area contributed by atoms with E-state index in [-0.39, 0.29) is 5.69 Å². The van der Waals surface area contributed by atoms with Crippen molar-refractivity contribution in [1.82, 2.24) is 19.7 Å². The number of pyridine rings is 1. The molecule has 19 heavy (non-hydrogen) atoms. The molecule has 0 saturated heterocycles. The highest BCUT2D eigenvalue weighted by atomic mass is 32.2. The van der Waals surface area contributed by atoms with Crippen LogP contribution in [0.15, 0.2) is 21.0 Å². The van der Waals surface area contributed by atoms with E-state index in [1.165, 1.54) is 16.3 Å². The Bertz CT molecular complexity index is 710. The maximum absolute atomic E-state index is 11.5. The van der Waals surface area contributed by atoms with Crippen LogP contribution in [0.5, 0.6) is 0 Å². The minimum Gasteiger partial charge on any atom is -0.270 e. The third kappa shape index (κ3) is 2.53. The van der Waals surface area contributed by atoms with Gasteiger partial charge >= 0.3 is 5.69 Å². The molecule has 98 valence electrons. The van der Waals surface area contributed by atoms with Gasteiger partial charge in [0.05, 0.1) is 5.56 Å². The van der Waals surface area contributed by atoms with Crippen LogP contribution in [-0.4, -0.2) is 19.7 Å². The molecule has 0 aliphatic carbocycles. The van der Waals surface area contributed by atoms with E-state index in [1.807, 2.05) is 26.8 Å². The largest absolute Gasteiger partial charge is 0.343 e. The van der Waals surface area contributed by atoms with Crippen molar-refractivity contribution in [3.05, 3.63) is 33.4 Å². The average Bonchev–Trinajstić information content (AvgIpc) is 2.69. The average molecular weight is 275 g/mol. The number of aromatic nitrogens is 4. The Morgan fingerprint density at radius 3 is 2.89 bits per heavy atom. The molecule has 2 rings (SSSR count). The van der Waals surface area contributed by atoms with Crippen molar-refractivity contribution in [1.29, 1.82) is 5.26 Å². The molecule has 0 amide bonds. The molecule has 0 fully saturated rings. The van der Waals surface area contributed by atoms with Gasteiger partial charge in [0.25, 0.3) is 0 Å². The second kappa shape index (κ2) is 5.28. The molecule has 0 radical (unpaired) electrons. The Morgan fingerprint density at radius 1 is 1.53 bits per heavy atom. The molecule has 0 aliphatic heterocycles. The standard InChI is InChI=1S/C12H13N5OS/c1-4-17-11(18)15-16-12(17)19-10-9(6-13)7(2)5-8(3)14-10/h5H,4H2,1-3H3,(H,15,18). The summed E-state index contributed by atoms with van der Waals surface area (Å²) in [6.45, 7) is 6.12. The summed E-state index contributed by atoms with van der Waals surface area (Å²) in [6.07, 6.45) is 0. The lowest BCUT2D eigenvalue weighted by Gasteiger charge is -2.06. The van der Waals surface area contributed by atoms with E-state index in [9.17, 15) is 10.1 Å². The second-order valence-corrected chi connectivity index (χ2v) is 4.99. The van der Waals surface area contributed by atoms with Crippen LogP contribution in [0.4, 0.5) is 0 Å². The van der Waals surface area contributed by atoms with Gasteiger partial charge in [-0.1, -0.05) is 0 Å². The van der Waals surface area contributed by atoms with Crippen LogP contribution in [0.1, 0.15) is 23.7 Å². The highest BCUT2D eigenvalue weighted by Gasteiger charge is 2.14. The molecule has 0 aliphatic rings. The lowest BCUT2D eigenvalue weighted by atomic mass is 10.1. The maximum Gasteiger partial charge on any atom is 0.343 e. The van der Waals surface area contributed by atoms with Crippen molar-refractivity contribution in [2.75, 3.05) is 0 Å². The van der Waals surface area contributed by atoms with E-state index >= 15 is 0 Å². The molecule has 2 aromatic rings. The number of nitrogens with one attached hydrogen (secondary N) is 1. The van der Waals surface area contributed by atoms with Crippen LogP contribution < -0.4 is 5.69 Å². The fraction of sp³-hybridized carbons (Fsp3) is 0.333. The smallest absolute Gasteiger partial charge is 0.270 e. The van der Waals surface area contributed by atoms with E-state index in [0.717, 1.165) is 11.3 Å². The molecule has 0 bridgehead atoms. The zero-order valence-corrected chi connectivity index (χ0v) is 11.7. The number of nitrogens with zero attached hydrogens (tertiary/aromatic N) is 4. The van der Waals surface area contributed by atoms with Crippen LogP contribution in [0.25, 0.3) is 0 Å². The monoisotopic (exact) mass is 275 g/mol. The molecule has 0 unspecified atom stereocenters. The van der Waals surface area contributed by atoms with Crippen molar-refractivity contribution in [2.45, 2.75) is 37.5 Å². The fourth-order valence-electron chi connectivity index (χ4n) is 1.76. The van der Waals surface area contributed by atoms with Gasteiger partial charge in [-0.15, -0.1) is 5.10 Å². The highest BCUT2D eigenvalue weighted by Crippen LogP contribution is 2.28. The van der Waals surface area contributed by atoms with Crippen LogP contribution in [0, 0.1) is 25.2 Å². The van der Waals surface area contributed by atoms with Crippen molar-refractivity contribution in [3.8, 4) is 6.07 Å². The van der Waals surface area contributed by atoms with E-state index in [4.69, 9.17) is 0 Å². The first kappa shape index (κ1) is 13.4. The highest BCUT2D eigenvalue weighted by molar-refractivity contribution is 7.99. The predicted octanol–water partition coefficient (Wildman–Crippen LogP) is 1.63. The summed E-state index contributed by atoms with van der Waals surface area (Å²) >= 11 is 1.23. The first-order valence-electron chi connectivity index (χ1n) is 5.78. The number of H-pyrrole nitrogens is 1. The van der Waals surface area contributed by atoms with Gasteiger partial charge in [-0.3, -0.25) is 4.57 Å². The molecule has 0 aromatic carbocycles. The van der Waals surface area contributed by atoms with Gasteiger partial charge in [-0.25, -0.2) is 14.9 Å². The van der Waals surface area contributed by atoms with Gasteiger partial charge in [0.1, 0.15) is 11.1 Å². The number of hydrogen-bond donors (Lipinski definition) is 1. The van der Waals surface area contributed by atoms with E-state index < -0.39 is 0 Å². The van der Waals surface area contributed by atoms with Crippen molar-refractivity contribution < 1.29 is 0 Å². The third-order valence-electron chi connectivity index (χ3n) is 2.65. The molecular formula is C12H13N5OS. The van der Waals surface area contributed by atoms with Gasteiger partial charge in [0, 0.05) is 12.2 Å². The molecule has 6 nitrogen and oxygen atoms in total. The van der Waals surface area contributed by atoms with Gasteiger partial charge < -0.3 is 0 Å². The van der Waals surface area contributed by atoms with Gasteiger partial charge in [0.2, 0.25) is 0 Å². The third-order valence-corrected chi connectivity index (χ3v) is 3.63. The summed E-state index contributed by atoms with van der Waals surface area (Å²) in [5.41, 5.74) is 1.97. The van der Waals surface area contributed by atoms with E-state index in [1.54, 1.807) is 0 Å². The Morgan fingerprint density at radius 2 is 2.26 bits per heavy atom. The normalized spacial score (nSPS) is 10.4. The van der Waals surface area contributed by atoms with Crippen molar-refractivity contribution >= 4 is 11.8 Å². The lowest BCUT2D eigenvalue weighted by Crippen LogP contribution is -2.16. The molecular weight excluding hydrogens is 262 g/mol.